The second-order valence-electron chi connectivity index (χ2n) is 6.50. The summed E-state index contributed by atoms with van der Waals surface area (Å²) < 4.78 is 47.7. The number of halogens is 2. The summed E-state index contributed by atoms with van der Waals surface area (Å²) >= 11 is 0. The first-order valence-electron chi connectivity index (χ1n) is 8.01. The van der Waals surface area contributed by atoms with Crippen LogP contribution in [0, 0.1) is 0 Å². The predicted molar refractivity (Wildman–Crippen MR) is 84.4 cm³/mol. The summed E-state index contributed by atoms with van der Waals surface area (Å²) in [5.41, 5.74) is 0.595. The number of benzene rings is 1. The molecule has 2 N–H and O–H groups in total. The molecule has 2 saturated heterocycles. The maximum atomic E-state index is 12.5. The van der Waals surface area contributed by atoms with Crippen LogP contribution in [0.15, 0.2) is 29.2 Å². The van der Waals surface area contributed by atoms with Gasteiger partial charge in [-0.25, -0.2) is 8.42 Å². The van der Waals surface area contributed by atoms with Crippen molar-refractivity contribution >= 4 is 15.7 Å². The molecule has 2 fully saturated rings. The Morgan fingerprint density at radius 2 is 1.75 bits per heavy atom. The standard InChI is InChI=1S/C16H20F2N2O3S/c17-16(18)24(22,23)14-5-1-10(2-6-14)7-15(21)20-13-8-11-3-4-12(9-13)19-11/h1-2,5-6,11-13,16,19H,3-4,7-9H2,(H,20,21). The number of rotatable bonds is 5. The van der Waals surface area contributed by atoms with E-state index in [1.165, 1.54) is 12.1 Å². The summed E-state index contributed by atoms with van der Waals surface area (Å²) in [5.74, 6) is -3.58. The van der Waals surface area contributed by atoms with E-state index in [-0.39, 0.29) is 18.4 Å². The Hall–Kier alpha value is -1.54. The smallest absolute Gasteiger partial charge is 0.341 e. The van der Waals surface area contributed by atoms with Gasteiger partial charge in [0.25, 0.3) is 0 Å². The van der Waals surface area contributed by atoms with Crippen LogP contribution in [0.4, 0.5) is 8.78 Å². The molecule has 2 aliphatic heterocycles. The monoisotopic (exact) mass is 358 g/mol. The molecule has 1 amide bonds. The summed E-state index contributed by atoms with van der Waals surface area (Å²) in [6.07, 6.45) is 4.25. The Balaban J connectivity index is 1.57. The van der Waals surface area contributed by atoms with Crippen LogP contribution in [-0.2, 0) is 21.1 Å². The summed E-state index contributed by atoms with van der Waals surface area (Å²) in [6.45, 7) is 0. The van der Waals surface area contributed by atoms with Crippen molar-refractivity contribution in [3.63, 3.8) is 0 Å². The number of carbonyl (C=O) groups excluding carboxylic acids is 1. The molecule has 2 heterocycles. The molecule has 0 aromatic heterocycles. The molecule has 3 rings (SSSR count). The molecule has 24 heavy (non-hydrogen) atoms. The van der Waals surface area contributed by atoms with Gasteiger partial charge in [-0.15, -0.1) is 0 Å². The lowest BCUT2D eigenvalue weighted by molar-refractivity contribution is -0.121. The highest BCUT2D eigenvalue weighted by Crippen LogP contribution is 2.26. The van der Waals surface area contributed by atoms with E-state index in [0.717, 1.165) is 37.8 Å². The molecule has 2 atom stereocenters. The van der Waals surface area contributed by atoms with E-state index in [1.807, 2.05) is 0 Å². The average Bonchev–Trinajstić information content (AvgIpc) is 2.86. The lowest BCUT2D eigenvalue weighted by atomic mass is 9.99. The first kappa shape index (κ1) is 17.3. The van der Waals surface area contributed by atoms with E-state index in [0.29, 0.717) is 17.6 Å². The molecule has 2 bridgehead atoms. The van der Waals surface area contributed by atoms with Gasteiger partial charge in [0, 0.05) is 18.1 Å². The maximum Gasteiger partial charge on any atom is 0.341 e. The number of fused-ring (bicyclic) bond motifs is 2. The van der Waals surface area contributed by atoms with Crippen LogP contribution in [0.5, 0.6) is 0 Å². The molecule has 0 spiro atoms. The number of piperidine rings is 1. The molecular weight excluding hydrogens is 338 g/mol. The Kier molecular flexibility index (Phi) is 4.87. The average molecular weight is 358 g/mol. The lowest BCUT2D eigenvalue weighted by Gasteiger charge is -2.29. The van der Waals surface area contributed by atoms with E-state index in [4.69, 9.17) is 0 Å². The van der Waals surface area contributed by atoms with Gasteiger partial charge in [-0.3, -0.25) is 4.79 Å². The van der Waals surface area contributed by atoms with Gasteiger partial charge in [0.15, 0.2) is 0 Å². The van der Waals surface area contributed by atoms with Gasteiger partial charge in [-0.1, -0.05) is 12.1 Å². The zero-order valence-corrected chi connectivity index (χ0v) is 13.9. The minimum atomic E-state index is -4.59. The third kappa shape index (κ3) is 3.75. The van der Waals surface area contributed by atoms with Crippen LogP contribution in [-0.4, -0.2) is 38.2 Å². The third-order valence-electron chi connectivity index (χ3n) is 4.69. The maximum absolute atomic E-state index is 12.5. The normalized spacial score (nSPS) is 26.5. The Morgan fingerprint density at radius 3 is 2.29 bits per heavy atom. The Bertz CT molecular complexity index is 695. The largest absolute Gasteiger partial charge is 0.353 e. The molecule has 5 nitrogen and oxygen atoms in total. The SMILES string of the molecule is O=C(Cc1ccc(S(=O)(=O)C(F)F)cc1)NC1CC2CCC(C1)N2. The highest BCUT2D eigenvalue weighted by molar-refractivity contribution is 7.91. The number of carbonyl (C=O) groups is 1. The lowest BCUT2D eigenvalue weighted by Crippen LogP contribution is -2.48. The van der Waals surface area contributed by atoms with Crippen molar-refractivity contribution in [2.24, 2.45) is 0 Å². The van der Waals surface area contributed by atoms with E-state index in [2.05, 4.69) is 10.6 Å². The molecule has 1 aromatic rings. The van der Waals surface area contributed by atoms with Gasteiger partial charge in [-0.2, -0.15) is 8.78 Å². The van der Waals surface area contributed by atoms with Crippen LogP contribution in [0.1, 0.15) is 31.2 Å². The molecule has 0 aliphatic carbocycles. The topological polar surface area (TPSA) is 75.3 Å². The van der Waals surface area contributed by atoms with E-state index in [1.54, 1.807) is 0 Å². The molecule has 2 unspecified atom stereocenters. The number of amides is 1. The quantitative estimate of drug-likeness (QED) is 0.839. The van der Waals surface area contributed by atoms with Crippen LogP contribution >= 0.6 is 0 Å². The number of hydrogen-bond acceptors (Lipinski definition) is 4. The fraction of sp³-hybridized carbons (Fsp3) is 0.562. The van der Waals surface area contributed by atoms with Gasteiger partial charge in [0.1, 0.15) is 0 Å². The second-order valence-corrected chi connectivity index (χ2v) is 8.42. The summed E-state index contributed by atoms with van der Waals surface area (Å²) in [5, 5.41) is 6.52. The summed E-state index contributed by atoms with van der Waals surface area (Å²) in [7, 11) is -4.59. The number of hydrogen-bond donors (Lipinski definition) is 2. The van der Waals surface area contributed by atoms with Crippen molar-refractivity contribution < 1.29 is 22.0 Å². The molecule has 0 saturated carbocycles. The number of nitrogens with one attached hydrogen (secondary N) is 2. The fourth-order valence-electron chi connectivity index (χ4n) is 3.54. The van der Waals surface area contributed by atoms with Gasteiger partial charge < -0.3 is 10.6 Å². The zero-order chi connectivity index (χ0) is 17.3. The molecule has 2 aliphatic rings. The summed E-state index contributed by atoms with van der Waals surface area (Å²) in [4.78, 5) is 11.7. The van der Waals surface area contributed by atoms with Gasteiger partial charge >= 0.3 is 5.76 Å². The van der Waals surface area contributed by atoms with Crippen molar-refractivity contribution in [3.8, 4) is 0 Å². The zero-order valence-electron chi connectivity index (χ0n) is 13.0. The minimum Gasteiger partial charge on any atom is -0.353 e. The van der Waals surface area contributed by atoms with E-state index in [9.17, 15) is 22.0 Å². The van der Waals surface area contributed by atoms with Crippen molar-refractivity contribution in [2.75, 3.05) is 0 Å². The van der Waals surface area contributed by atoms with Crippen molar-refractivity contribution in [3.05, 3.63) is 29.8 Å². The van der Waals surface area contributed by atoms with Gasteiger partial charge in [-0.05, 0) is 43.4 Å². The predicted octanol–water partition coefficient (Wildman–Crippen LogP) is 1.62. The number of sulfone groups is 1. The highest BCUT2D eigenvalue weighted by atomic mass is 32.2. The first-order valence-corrected chi connectivity index (χ1v) is 9.55. The fourth-order valence-corrected chi connectivity index (χ4v) is 4.26. The van der Waals surface area contributed by atoms with Crippen molar-refractivity contribution in [2.45, 2.75) is 60.9 Å². The van der Waals surface area contributed by atoms with Crippen LogP contribution in [0.25, 0.3) is 0 Å². The van der Waals surface area contributed by atoms with Crippen LogP contribution < -0.4 is 10.6 Å². The Morgan fingerprint density at radius 1 is 1.17 bits per heavy atom. The van der Waals surface area contributed by atoms with Gasteiger partial charge in [0.2, 0.25) is 15.7 Å². The molecule has 8 heteroatoms. The minimum absolute atomic E-state index is 0.105. The van der Waals surface area contributed by atoms with E-state index >= 15 is 0 Å². The van der Waals surface area contributed by atoms with Gasteiger partial charge in [0.05, 0.1) is 11.3 Å². The number of alkyl halides is 2. The molecule has 0 radical (unpaired) electrons. The van der Waals surface area contributed by atoms with E-state index < -0.39 is 20.5 Å². The van der Waals surface area contributed by atoms with Crippen molar-refractivity contribution in [1.29, 1.82) is 0 Å². The highest BCUT2D eigenvalue weighted by Gasteiger charge is 2.34. The Labute approximate surface area is 139 Å². The second kappa shape index (κ2) is 6.76. The molecule has 1 aromatic carbocycles. The van der Waals surface area contributed by atoms with Crippen LogP contribution in [0.3, 0.4) is 0 Å². The summed E-state index contributed by atoms with van der Waals surface area (Å²) in [6, 6.07) is 6.17. The molecule has 132 valence electrons. The molecular formula is C16H20F2N2O3S. The van der Waals surface area contributed by atoms with Crippen molar-refractivity contribution in [1.82, 2.24) is 10.6 Å². The van der Waals surface area contributed by atoms with Crippen LogP contribution in [0.2, 0.25) is 0 Å². The first-order chi connectivity index (χ1) is 11.3. The third-order valence-corrected chi connectivity index (χ3v) is 6.09.